The highest BCUT2D eigenvalue weighted by Gasteiger charge is 2.07. The molecule has 4 nitrogen and oxygen atoms in total. The van der Waals surface area contributed by atoms with Gasteiger partial charge < -0.3 is 14.9 Å². The molecule has 0 unspecified atom stereocenters. The van der Waals surface area contributed by atoms with E-state index >= 15 is 0 Å². The number of aromatic nitrogens is 1. The van der Waals surface area contributed by atoms with Crippen molar-refractivity contribution in [2.45, 2.75) is 6.42 Å². The van der Waals surface area contributed by atoms with Gasteiger partial charge >= 0.3 is 0 Å². The summed E-state index contributed by atoms with van der Waals surface area (Å²) < 4.78 is 5.13. The number of hydrogen-bond acceptors (Lipinski definition) is 4. The number of phenols is 2. The van der Waals surface area contributed by atoms with Crippen LogP contribution in [0.3, 0.4) is 0 Å². The fraction of sp³-hybridized carbons (Fsp3) is 0.118. The predicted molar refractivity (Wildman–Crippen MR) is 80.9 cm³/mol. The van der Waals surface area contributed by atoms with Gasteiger partial charge in [-0.3, -0.25) is 4.98 Å². The van der Waals surface area contributed by atoms with Crippen molar-refractivity contribution in [1.82, 2.24) is 4.98 Å². The van der Waals surface area contributed by atoms with Crippen molar-refractivity contribution in [1.29, 1.82) is 0 Å². The van der Waals surface area contributed by atoms with Gasteiger partial charge in [0.1, 0.15) is 5.75 Å². The Bertz CT molecular complexity index is 799. The lowest BCUT2D eigenvalue weighted by atomic mass is 10.0. The molecule has 21 heavy (non-hydrogen) atoms. The normalized spacial score (nSPS) is 10.7. The standard InChI is InChI=1S/C17H15NO3/c1-21-17-9-11(2-5-16(17)20)8-12-6-7-18-15-10-13(19)3-4-14(12)15/h2-7,9-10,19-20H,8H2,1H3. The lowest BCUT2D eigenvalue weighted by Crippen LogP contribution is -1.93. The number of fused-ring (bicyclic) bond motifs is 1. The van der Waals surface area contributed by atoms with Gasteiger partial charge in [0, 0.05) is 17.6 Å². The number of phenolic OH excluding ortho intramolecular Hbond substituents is 2. The van der Waals surface area contributed by atoms with Crippen LogP contribution in [0.4, 0.5) is 0 Å². The van der Waals surface area contributed by atoms with Crippen LogP contribution in [0.5, 0.6) is 17.2 Å². The molecule has 0 fully saturated rings. The van der Waals surface area contributed by atoms with E-state index in [0.717, 1.165) is 22.0 Å². The average Bonchev–Trinajstić information content (AvgIpc) is 2.49. The molecule has 0 saturated carbocycles. The van der Waals surface area contributed by atoms with Gasteiger partial charge in [-0.15, -0.1) is 0 Å². The number of methoxy groups -OCH3 is 1. The SMILES string of the molecule is COc1cc(Cc2ccnc3cc(O)ccc23)ccc1O. The van der Waals surface area contributed by atoms with Crippen LogP contribution < -0.4 is 4.74 Å². The summed E-state index contributed by atoms with van der Waals surface area (Å²) in [6, 6.07) is 12.4. The summed E-state index contributed by atoms with van der Waals surface area (Å²) in [6.45, 7) is 0. The van der Waals surface area contributed by atoms with Gasteiger partial charge in [0.2, 0.25) is 0 Å². The van der Waals surface area contributed by atoms with Crippen LogP contribution in [0.1, 0.15) is 11.1 Å². The molecule has 2 N–H and O–H groups in total. The second kappa shape index (κ2) is 5.32. The minimum Gasteiger partial charge on any atom is -0.508 e. The third-order valence-electron chi connectivity index (χ3n) is 3.46. The van der Waals surface area contributed by atoms with E-state index in [-0.39, 0.29) is 11.5 Å². The summed E-state index contributed by atoms with van der Waals surface area (Å²) in [6.07, 6.45) is 2.43. The Kier molecular flexibility index (Phi) is 3.36. The van der Waals surface area contributed by atoms with E-state index in [1.807, 2.05) is 24.3 Å². The molecule has 1 heterocycles. The fourth-order valence-corrected chi connectivity index (χ4v) is 2.40. The van der Waals surface area contributed by atoms with Crippen molar-refractivity contribution >= 4 is 10.9 Å². The molecule has 0 amide bonds. The lowest BCUT2D eigenvalue weighted by molar-refractivity contribution is 0.373. The van der Waals surface area contributed by atoms with Crippen molar-refractivity contribution in [3.05, 3.63) is 59.8 Å². The molecule has 0 bridgehead atoms. The van der Waals surface area contributed by atoms with Crippen LogP contribution in [0.2, 0.25) is 0 Å². The molecule has 0 aliphatic heterocycles. The first-order valence-corrected chi connectivity index (χ1v) is 6.60. The first-order valence-electron chi connectivity index (χ1n) is 6.60. The molecule has 1 aromatic heterocycles. The van der Waals surface area contributed by atoms with Gasteiger partial charge in [-0.25, -0.2) is 0 Å². The summed E-state index contributed by atoms with van der Waals surface area (Å²) in [4.78, 5) is 4.27. The summed E-state index contributed by atoms with van der Waals surface area (Å²) in [5, 5.41) is 20.2. The van der Waals surface area contributed by atoms with Crippen LogP contribution in [-0.4, -0.2) is 22.3 Å². The van der Waals surface area contributed by atoms with E-state index in [4.69, 9.17) is 4.74 Å². The van der Waals surface area contributed by atoms with Crippen molar-refractivity contribution in [3.8, 4) is 17.2 Å². The van der Waals surface area contributed by atoms with Gasteiger partial charge in [-0.1, -0.05) is 6.07 Å². The van der Waals surface area contributed by atoms with Gasteiger partial charge in [0.15, 0.2) is 11.5 Å². The molecule has 0 aliphatic rings. The number of aromatic hydroxyl groups is 2. The summed E-state index contributed by atoms with van der Waals surface area (Å²) >= 11 is 0. The zero-order valence-corrected chi connectivity index (χ0v) is 11.6. The molecular formula is C17H15NO3. The molecule has 3 aromatic rings. The lowest BCUT2D eigenvalue weighted by Gasteiger charge is -2.09. The van der Waals surface area contributed by atoms with Crippen LogP contribution >= 0.6 is 0 Å². The average molecular weight is 281 g/mol. The predicted octanol–water partition coefficient (Wildman–Crippen LogP) is 3.25. The molecular weight excluding hydrogens is 266 g/mol. The maximum absolute atomic E-state index is 9.64. The molecule has 4 heteroatoms. The number of rotatable bonds is 3. The second-order valence-electron chi connectivity index (χ2n) is 4.85. The zero-order chi connectivity index (χ0) is 14.8. The maximum Gasteiger partial charge on any atom is 0.160 e. The number of hydrogen-bond donors (Lipinski definition) is 2. The Morgan fingerprint density at radius 2 is 1.90 bits per heavy atom. The summed E-state index contributed by atoms with van der Waals surface area (Å²) in [5.74, 6) is 0.799. The third-order valence-corrected chi connectivity index (χ3v) is 3.46. The van der Waals surface area contributed by atoms with E-state index in [0.29, 0.717) is 12.2 Å². The largest absolute Gasteiger partial charge is 0.508 e. The maximum atomic E-state index is 9.64. The van der Waals surface area contributed by atoms with Crippen LogP contribution in [0.15, 0.2) is 48.7 Å². The van der Waals surface area contributed by atoms with Crippen LogP contribution in [-0.2, 0) is 6.42 Å². The van der Waals surface area contributed by atoms with Crippen molar-refractivity contribution in [3.63, 3.8) is 0 Å². The van der Waals surface area contributed by atoms with E-state index in [9.17, 15) is 10.2 Å². The molecule has 106 valence electrons. The Morgan fingerprint density at radius 1 is 1.05 bits per heavy atom. The van der Waals surface area contributed by atoms with Gasteiger partial charge in [0.25, 0.3) is 0 Å². The molecule has 0 aliphatic carbocycles. The molecule has 0 saturated heterocycles. The highest BCUT2D eigenvalue weighted by Crippen LogP contribution is 2.29. The monoisotopic (exact) mass is 281 g/mol. The summed E-state index contributed by atoms with van der Waals surface area (Å²) in [5.41, 5.74) is 2.90. The highest BCUT2D eigenvalue weighted by molar-refractivity contribution is 5.83. The second-order valence-corrected chi connectivity index (χ2v) is 4.85. The molecule has 0 spiro atoms. The number of ether oxygens (including phenoxy) is 1. The Hall–Kier alpha value is -2.75. The van der Waals surface area contributed by atoms with Gasteiger partial charge in [-0.05, 0) is 47.9 Å². The Morgan fingerprint density at radius 3 is 2.71 bits per heavy atom. The van der Waals surface area contributed by atoms with Crippen molar-refractivity contribution < 1.29 is 14.9 Å². The van der Waals surface area contributed by atoms with Crippen molar-refractivity contribution in [2.75, 3.05) is 7.11 Å². The first-order chi connectivity index (χ1) is 10.2. The number of nitrogens with zero attached hydrogens (tertiary/aromatic N) is 1. The van der Waals surface area contributed by atoms with Gasteiger partial charge in [-0.2, -0.15) is 0 Å². The Balaban J connectivity index is 2.02. The molecule has 0 atom stereocenters. The third kappa shape index (κ3) is 2.60. The first kappa shape index (κ1) is 13.2. The minimum absolute atomic E-state index is 0.130. The zero-order valence-electron chi connectivity index (χ0n) is 11.6. The van der Waals surface area contributed by atoms with Crippen LogP contribution in [0.25, 0.3) is 10.9 Å². The van der Waals surface area contributed by atoms with E-state index < -0.39 is 0 Å². The Labute approximate surface area is 122 Å². The fourth-order valence-electron chi connectivity index (χ4n) is 2.40. The molecule has 3 rings (SSSR count). The van der Waals surface area contributed by atoms with E-state index in [2.05, 4.69) is 4.98 Å². The quantitative estimate of drug-likeness (QED) is 0.773. The minimum atomic E-state index is 0.130. The number of benzene rings is 2. The van der Waals surface area contributed by atoms with E-state index in [1.54, 1.807) is 24.4 Å². The number of pyridine rings is 1. The smallest absolute Gasteiger partial charge is 0.160 e. The highest BCUT2D eigenvalue weighted by atomic mass is 16.5. The van der Waals surface area contributed by atoms with Crippen molar-refractivity contribution in [2.24, 2.45) is 0 Å². The molecule has 2 aromatic carbocycles. The topological polar surface area (TPSA) is 62.6 Å². The summed E-state index contributed by atoms with van der Waals surface area (Å²) in [7, 11) is 1.53. The van der Waals surface area contributed by atoms with E-state index in [1.165, 1.54) is 7.11 Å². The van der Waals surface area contributed by atoms with Crippen LogP contribution in [0, 0.1) is 0 Å². The molecule has 0 radical (unpaired) electrons. The van der Waals surface area contributed by atoms with Gasteiger partial charge in [0.05, 0.1) is 12.6 Å².